The van der Waals surface area contributed by atoms with E-state index in [4.69, 9.17) is 9.47 Å². The van der Waals surface area contributed by atoms with Gasteiger partial charge in [-0.05, 0) is 30.2 Å². The van der Waals surface area contributed by atoms with E-state index in [0.29, 0.717) is 11.4 Å². The number of hydrogen-bond acceptors (Lipinski definition) is 7. The summed E-state index contributed by atoms with van der Waals surface area (Å²) in [5, 5.41) is 16.3. The summed E-state index contributed by atoms with van der Waals surface area (Å²) in [6.07, 6.45) is -0.612. The molecule has 0 spiro atoms. The molecule has 3 amide bonds. The largest absolute Gasteiger partial charge is 0.482 e. The van der Waals surface area contributed by atoms with Crippen molar-refractivity contribution in [3.63, 3.8) is 0 Å². The average Bonchev–Trinajstić information content (AvgIpc) is 2.74. The maximum Gasteiger partial charge on any atom is 0.411 e. The van der Waals surface area contributed by atoms with Crippen LogP contribution in [0, 0.1) is 16.0 Å². The van der Waals surface area contributed by atoms with Crippen molar-refractivity contribution in [1.29, 1.82) is 0 Å². The molecule has 0 aliphatic carbocycles. The maximum absolute atomic E-state index is 12.6. The number of amides is 3. The minimum absolute atomic E-state index is 0.147. The van der Waals surface area contributed by atoms with Crippen LogP contribution in [-0.4, -0.2) is 42.6 Å². The molecule has 1 heterocycles. The van der Waals surface area contributed by atoms with Crippen LogP contribution in [0.2, 0.25) is 0 Å². The summed E-state index contributed by atoms with van der Waals surface area (Å²) < 4.78 is 10.3. The number of ether oxygens (including phenoxy) is 2. The molecule has 11 heteroatoms. The molecule has 0 saturated heterocycles. The Morgan fingerprint density at radius 1 is 1.19 bits per heavy atom. The Morgan fingerprint density at radius 2 is 1.91 bits per heavy atom. The Balaban J connectivity index is 1.67. The van der Waals surface area contributed by atoms with E-state index in [-0.39, 0.29) is 42.8 Å². The monoisotopic (exact) mass is 442 g/mol. The predicted octanol–water partition coefficient (Wildman–Crippen LogP) is 3.16. The van der Waals surface area contributed by atoms with Crippen molar-refractivity contribution in [1.82, 2.24) is 0 Å². The number of non-ortho nitro benzene ring substituents is 1. The molecule has 0 fully saturated rings. The van der Waals surface area contributed by atoms with Crippen molar-refractivity contribution in [2.24, 2.45) is 5.92 Å². The van der Waals surface area contributed by atoms with Crippen molar-refractivity contribution in [3.05, 3.63) is 52.6 Å². The number of nitrogens with one attached hydrogen (secondary N) is 2. The summed E-state index contributed by atoms with van der Waals surface area (Å²) in [5.74, 6) is -0.566. The molecule has 11 nitrogen and oxygen atoms in total. The van der Waals surface area contributed by atoms with Crippen molar-refractivity contribution in [3.8, 4) is 5.75 Å². The van der Waals surface area contributed by atoms with Crippen LogP contribution in [-0.2, 0) is 14.3 Å². The van der Waals surface area contributed by atoms with E-state index in [1.807, 2.05) is 13.8 Å². The lowest BCUT2D eigenvalue weighted by Gasteiger charge is -2.28. The molecule has 0 bridgehead atoms. The summed E-state index contributed by atoms with van der Waals surface area (Å²) in [6.45, 7) is 3.45. The Hall–Kier alpha value is -4.15. The number of fused-ring (bicyclic) bond motifs is 1. The quantitative estimate of drug-likeness (QED) is 0.496. The fraction of sp³-hybridized carbons (Fsp3) is 0.286. The second-order valence-electron chi connectivity index (χ2n) is 7.42. The van der Waals surface area contributed by atoms with Gasteiger partial charge >= 0.3 is 6.09 Å². The minimum Gasteiger partial charge on any atom is -0.482 e. The number of nitro groups is 1. The highest BCUT2D eigenvalue weighted by molar-refractivity contribution is 6.05. The number of nitro benzene ring substituents is 1. The molecular weight excluding hydrogens is 420 g/mol. The predicted molar refractivity (Wildman–Crippen MR) is 116 cm³/mol. The first kappa shape index (κ1) is 22.5. The first-order valence-corrected chi connectivity index (χ1v) is 9.78. The van der Waals surface area contributed by atoms with Gasteiger partial charge in [-0.25, -0.2) is 4.79 Å². The highest BCUT2D eigenvalue weighted by Crippen LogP contribution is 2.35. The fourth-order valence-corrected chi connectivity index (χ4v) is 2.89. The molecule has 0 radical (unpaired) electrons. The van der Waals surface area contributed by atoms with Gasteiger partial charge in [-0.3, -0.25) is 29.9 Å². The van der Waals surface area contributed by atoms with E-state index in [1.165, 1.54) is 24.3 Å². The lowest BCUT2D eigenvalue weighted by Crippen LogP contribution is -2.43. The van der Waals surface area contributed by atoms with Gasteiger partial charge in [-0.15, -0.1) is 0 Å². The number of hydrogen-bond donors (Lipinski definition) is 2. The van der Waals surface area contributed by atoms with Gasteiger partial charge in [0.05, 0.1) is 17.2 Å². The number of carbonyl (C=O) groups excluding carboxylic acids is 3. The van der Waals surface area contributed by atoms with Gasteiger partial charge in [0, 0.05) is 23.5 Å². The van der Waals surface area contributed by atoms with E-state index in [9.17, 15) is 24.5 Å². The molecule has 168 valence electrons. The van der Waals surface area contributed by atoms with Crippen LogP contribution in [0.15, 0.2) is 42.5 Å². The normalized spacial score (nSPS) is 12.6. The molecule has 3 rings (SSSR count). The molecule has 0 unspecified atom stereocenters. The molecule has 0 saturated carbocycles. The summed E-state index contributed by atoms with van der Waals surface area (Å²) >= 11 is 0. The van der Waals surface area contributed by atoms with Gasteiger partial charge in [-0.1, -0.05) is 19.9 Å². The van der Waals surface area contributed by atoms with Gasteiger partial charge < -0.3 is 14.8 Å². The second-order valence-corrected chi connectivity index (χ2v) is 7.42. The van der Waals surface area contributed by atoms with Crippen LogP contribution in [0.3, 0.4) is 0 Å². The Labute approximate surface area is 183 Å². The van der Waals surface area contributed by atoms with E-state index in [0.717, 1.165) is 4.90 Å². The van der Waals surface area contributed by atoms with Crippen molar-refractivity contribution in [2.75, 3.05) is 35.3 Å². The van der Waals surface area contributed by atoms with Crippen LogP contribution >= 0.6 is 0 Å². The Bertz CT molecular complexity index is 1050. The molecule has 1 aliphatic heterocycles. The van der Waals surface area contributed by atoms with Crippen LogP contribution < -0.4 is 20.3 Å². The molecule has 1 aliphatic rings. The van der Waals surface area contributed by atoms with Gasteiger partial charge in [-0.2, -0.15) is 0 Å². The highest BCUT2D eigenvalue weighted by Gasteiger charge is 2.29. The van der Waals surface area contributed by atoms with Crippen LogP contribution in [0.25, 0.3) is 0 Å². The fourth-order valence-electron chi connectivity index (χ4n) is 2.89. The topological polar surface area (TPSA) is 140 Å². The second kappa shape index (κ2) is 9.77. The Kier molecular flexibility index (Phi) is 6.88. The third kappa shape index (κ3) is 5.72. The lowest BCUT2D eigenvalue weighted by atomic mass is 10.2. The number of carbonyl (C=O) groups is 3. The van der Waals surface area contributed by atoms with Gasteiger partial charge in [0.2, 0.25) is 5.91 Å². The zero-order valence-corrected chi connectivity index (χ0v) is 17.5. The summed E-state index contributed by atoms with van der Waals surface area (Å²) in [6, 6.07) is 10.2. The highest BCUT2D eigenvalue weighted by atomic mass is 16.6. The zero-order valence-electron chi connectivity index (χ0n) is 17.5. The molecule has 32 heavy (non-hydrogen) atoms. The number of benzene rings is 2. The van der Waals surface area contributed by atoms with Gasteiger partial charge in [0.25, 0.3) is 11.6 Å². The first-order valence-electron chi connectivity index (χ1n) is 9.78. The Morgan fingerprint density at radius 3 is 2.59 bits per heavy atom. The lowest BCUT2D eigenvalue weighted by molar-refractivity contribution is -0.384. The van der Waals surface area contributed by atoms with Crippen molar-refractivity contribution >= 4 is 40.7 Å². The molecule has 2 N–H and O–H groups in total. The van der Waals surface area contributed by atoms with Crippen LogP contribution in [0.5, 0.6) is 5.75 Å². The summed E-state index contributed by atoms with van der Waals surface area (Å²) in [5.41, 5.74) is 0.723. The maximum atomic E-state index is 12.6. The number of anilines is 3. The zero-order chi connectivity index (χ0) is 23.3. The number of nitrogens with zero attached hydrogens (tertiary/aromatic N) is 2. The smallest absolute Gasteiger partial charge is 0.411 e. The van der Waals surface area contributed by atoms with E-state index in [1.54, 1.807) is 18.2 Å². The molecule has 2 aromatic carbocycles. The summed E-state index contributed by atoms with van der Waals surface area (Å²) in [7, 11) is 0. The summed E-state index contributed by atoms with van der Waals surface area (Å²) in [4.78, 5) is 48.3. The standard InChI is InChI=1S/C21H22N4O7/c1-13(2)11-32-21(28)23-15-5-3-4-14(8-15)22-19(26)10-24-17-9-16(25(29)30)6-7-18(17)31-12-20(24)27/h3-9,13H,10-12H2,1-2H3,(H,22,26)(H,23,28). The van der Waals surface area contributed by atoms with E-state index in [2.05, 4.69) is 10.6 Å². The SMILES string of the molecule is CC(C)COC(=O)Nc1cccc(NC(=O)CN2C(=O)COc3ccc([N+](=O)[O-])cc32)c1. The van der Waals surface area contributed by atoms with Crippen LogP contribution in [0.1, 0.15) is 13.8 Å². The molecule has 0 aromatic heterocycles. The minimum atomic E-state index is -0.612. The van der Waals surface area contributed by atoms with Crippen LogP contribution in [0.4, 0.5) is 27.5 Å². The van der Waals surface area contributed by atoms with Gasteiger partial charge in [0.15, 0.2) is 6.61 Å². The third-order valence-corrected chi connectivity index (χ3v) is 4.34. The van der Waals surface area contributed by atoms with E-state index < -0.39 is 22.8 Å². The van der Waals surface area contributed by atoms with Crippen molar-refractivity contribution in [2.45, 2.75) is 13.8 Å². The molecular formula is C21H22N4O7. The first-order chi connectivity index (χ1) is 15.2. The van der Waals surface area contributed by atoms with E-state index >= 15 is 0 Å². The third-order valence-electron chi connectivity index (χ3n) is 4.34. The van der Waals surface area contributed by atoms with Gasteiger partial charge in [0.1, 0.15) is 12.3 Å². The van der Waals surface area contributed by atoms with Crippen molar-refractivity contribution < 1.29 is 28.8 Å². The molecule has 0 atom stereocenters. The molecule has 2 aromatic rings. The average molecular weight is 442 g/mol. The number of rotatable bonds is 7.